The molecule has 2 atom stereocenters. The molecule has 262 valence electrons. The molecule has 2 heterocycles. The van der Waals surface area contributed by atoms with Crippen molar-refractivity contribution in [2.75, 3.05) is 0 Å². The predicted molar refractivity (Wildman–Crippen MR) is 223 cm³/mol. The van der Waals surface area contributed by atoms with Crippen LogP contribution in [0.15, 0.2) is 188 Å². The summed E-state index contributed by atoms with van der Waals surface area (Å²) in [6, 6.07) is 62.0. The van der Waals surface area contributed by atoms with Gasteiger partial charge in [0.15, 0.2) is 17.5 Å². The lowest BCUT2D eigenvalue weighted by molar-refractivity contribution is 0.755. The summed E-state index contributed by atoms with van der Waals surface area (Å²) in [6.45, 7) is 0. The highest BCUT2D eigenvalue weighted by atomic mass is 15.0. The third kappa shape index (κ3) is 5.44. The minimum absolute atomic E-state index is 0.143. The van der Waals surface area contributed by atoms with Crippen molar-refractivity contribution in [1.29, 1.82) is 0 Å². The molecule has 0 amide bonds. The summed E-state index contributed by atoms with van der Waals surface area (Å²) in [7, 11) is 0. The van der Waals surface area contributed by atoms with Crippen molar-refractivity contribution in [2.45, 2.75) is 11.8 Å². The lowest BCUT2D eigenvalue weighted by Crippen LogP contribution is -2.27. The van der Waals surface area contributed by atoms with E-state index in [1.807, 2.05) is 91.3 Å². The van der Waals surface area contributed by atoms with Crippen molar-refractivity contribution in [1.82, 2.24) is 24.9 Å². The van der Waals surface area contributed by atoms with Crippen LogP contribution in [-0.4, -0.2) is 24.9 Å². The molecule has 2 bridgehead atoms. The Balaban J connectivity index is 0.954. The molecule has 5 nitrogen and oxygen atoms in total. The van der Waals surface area contributed by atoms with Crippen LogP contribution in [-0.2, 0) is 0 Å². The maximum Gasteiger partial charge on any atom is 0.164 e. The molecule has 2 unspecified atom stereocenters. The molecule has 0 aliphatic heterocycles. The quantitative estimate of drug-likeness (QED) is 0.171. The van der Waals surface area contributed by atoms with Crippen molar-refractivity contribution in [3.05, 3.63) is 222 Å². The Hall–Kier alpha value is -7.37. The first-order valence-electron chi connectivity index (χ1n) is 19.0. The van der Waals surface area contributed by atoms with Crippen LogP contribution in [0, 0.1) is 0 Å². The molecule has 12 rings (SSSR count). The topological polar surface area (TPSA) is 64.5 Å². The SMILES string of the molecule is c1ccc(-c2cncc(-c3ccc4c(c3)C3c5ccccc5C4c4cc(-c5ccc(-c6nc(-c7ccccc7)nc(-c7ccccc7)n6)cc5)ccc43)n2)cc1. The second-order valence-corrected chi connectivity index (χ2v) is 14.5. The number of hydrogen-bond donors (Lipinski definition) is 0. The van der Waals surface area contributed by atoms with Gasteiger partial charge in [0.25, 0.3) is 0 Å². The van der Waals surface area contributed by atoms with Gasteiger partial charge in [0.2, 0.25) is 0 Å². The van der Waals surface area contributed by atoms with Crippen LogP contribution >= 0.6 is 0 Å². The van der Waals surface area contributed by atoms with Crippen molar-refractivity contribution < 1.29 is 0 Å². The van der Waals surface area contributed by atoms with Crippen LogP contribution in [0.5, 0.6) is 0 Å². The minimum Gasteiger partial charge on any atom is -0.260 e. The van der Waals surface area contributed by atoms with Crippen LogP contribution in [0.3, 0.4) is 0 Å². The van der Waals surface area contributed by atoms with Gasteiger partial charge in [-0.1, -0.05) is 164 Å². The third-order valence-electron chi connectivity index (χ3n) is 11.2. The van der Waals surface area contributed by atoms with Crippen LogP contribution in [0.1, 0.15) is 45.2 Å². The fraction of sp³-hybridized carbons (Fsp3) is 0.0392. The summed E-state index contributed by atoms with van der Waals surface area (Å²) in [5.41, 5.74) is 17.3. The highest BCUT2D eigenvalue weighted by molar-refractivity contribution is 5.77. The fourth-order valence-electron chi connectivity index (χ4n) is 8.56. The molecule has 5 heteroatoms. The number of aromatic nitrogens is 5. The van der Waals surface area contributed by atoms with E-state index in [1.165, 1.54) is 38.9 Å². The summed E-state index contributed by atoms with van der Waals surface area (Å²) in [4.78, 5) is 24.4. The van der Waals surface area contributed by atoms with Gasteiger partial charge < -0.3 is 0 Å². The maximum atomic E-state index is 5.05. The van der Waals surface area contributed by atoms with Crippen molar-refractivity contribution in [3.8, 4) is 67.8 Å². The average molecular weight is 716 g/mol. The molecule has 3 aliphatic rings. The summed E-state index contributed by atoms with van der Waals surface area (Å²) < 4.78 is 0. The first kappa shape index (κ1) is 32.1. The maximum absolute atomic E-state index is 5.05. The fourth-order valence-corrected chi connectivity index (χ4v) is 8.56. The molecule has 9 aromatic rings. The van der Waals surface area contributed by atoms with Crippen molar-refractivity contribution >= 4 is 0 Å². The van der Waals surface area contributed by atoms with Crippen LogP contribution in [0.25, 0.3) is 67.8 Å². The monoisotopic (exact) mass is 715 g/mol. The highest BCUT2D eigenvalue weighted by Gasteiger charge is 2.41. The van der Waals surface area contributed by atoms with E-state index < -0.39 is 0 Å². The number of nitrogens with zero attached hydrogens (tertiary/aromatic N) is 5. The van der Waals surface area contributed by atoms with Gasteiger partial charge in [-0.25, -0.2) is 19.9 Å². The predicted octanol–water partition coefficient (Wildman–Crippen LogP) is 11.7. The summed E-state index contributed by atoms with van der Waals surface area (Å²) in [5.74, 6) is 2.25. The normalized spacial score (nSPS) is 14.8. The third-order valence-corrected chi connectivity index (χ3v) is 11.2. The number of benzene rings is 7. The first-order valence-corrected chi connectivity index (χ1v) is 19.0. The van der Waals surface area contributed by atoms with Gasteiger partial charge >= 0.3 is 0 Å². The molecule has 0 radical (unpaired) electrons. The van der Waals surface area contributed by atoms with E-state index in [9.17, 15) is 0 Å². The largest absolute Gasteiger partial charge is 0.260 e. The summed E-state index contributed by atoms with van der Waals surface area (Å²) in [5, 5.41) is 0. The zero-order valence-electron chi connectivity index (χ0n) is 30.3. The lowest BCUT2D eigenvalue weighted by atomic mass is 9.60. The minimum atomic E-state index is 0.143. The zero-order valence-corrected chi connectivity index (χ0v) is 30.3. The molecular formula is C51H33N5. The molecule has 0 fully saturated rings. The van der Waals surface area contributed by atoms with Crippen molar-refractivity contribution in [3.63, 3.8) is 0 Å². The standard InChI is InChI=1S/C51H33N5/c1-4-12-33(13-5-1)45-30-52-31-46(53-45)38-25-27-42-44(29-38)48-40-19-11-10-18-39(40)47(42)43-28-37(24-26-41(43)48)32-20-22-36(23-21-32)51-55-49(34-14-6-2-7-15-34)54-50(56-51)35-16-8-3-9-17-35/h1-31,47-48H. The molecule has 0 spiro atoms. The van der Waals surface area contributed by atoms with E-state index in [0.29, 0.717) is 17.5 Å². The smallest absolute Gasteiger partial charge is 0.164 e. The summed E-state index contributed by atoms with van der Waals surface area (Å²) in [6.07, 6.45) is 3.72. The molecule has 3 aliphatic carbocycles. The van der Waals surface area contributed by atoms with Gasteiger partial charge in [-0.3, -0.25) is 4.98 Å². The van der Waals surface area contributed by atoms with Gasteiger partial charge in [-0.15, -0.1) is 0 Å². The van der Waals surface area contributed by atoms with Crippen LogP contribution in [0.4, 0.5) is 0 Å². The van der Waals surface area contributed by atoms with E-state index in [-0.39, 0.29) is 11.8 Å². The molecular weight excluding hydrogens is 683 g/mol. The van der Waals surface area contributed by atoms with Gasteiger partial charge in [-0.05, 0) is 56.6 Å². The van der Waals surface area contributed by atoms with Gasteiger partial charge in [0, 0.05) is 39.7 Å². The number of rotatable bonds is 6. The molecule has 0 saturated carbocycles. The van der Waals surface area contributed by atoms with E-state index in [0.717, 1.165) is 44.8 Å². The molecule has 0 N–H and O–H groups in total. The van der Waals surface area contributed by atoms with E-state index in [4.69, 9.17) is 19.9 Å². The Morgan fingerprint density at radius 1 is 0.268 bits per heavy atom. The Labute approximate surface area is 325 Å². The number of hydrogen-bond acceptors (Lipinski definition) is 5. The van der Waals surface area contributed by atoms with Gasteiger partial charge in [0.1, 0.15) is 0 Å². The Morgan fingerprint density at radius 2 is 0.643 bits per heavy atom. The van der Waals surface area contributed by atoms with Crippen LogP contribution < -0.4 is 0 Å². The Bertz CT molecular complexity index is 2850. The van der Waals surface area contributed by atoms with E-state index in [2.05, 4.69) is 102 Å². The zero-order chi connectivity index (χ0) is 37.0. The first-order chi connectivity index (χ1) is 27.7. The van der Waals surface area contributed by atoms with Crippen LogP contribution in [0.2, 0.25) is 0 Å². The van der Waals surface area contributed by atoms with Gasteiger partial charge in [0.05, 0.1) is 23.8 Å². The lowest BCUT2D eigenvalue weighted by Gasteiger charge is -2.42. The second-order valence-electron chi connectivity index (χ2n) is 14.5. The molecule has 7 aromatic carbocycles. The summed E-state index contributed by atoms with van der Waals surface area (Å²) >= 11 is 0. The van der Waals surface area contributed by atoms with Crippen molar-refractivity contribution in [2.24, 2.45) is 0 Å². The van der Waals surface area contributed by atoms with E-state index >= 15 is 0 Å². The second kappa shape index (κ2) is 13.2. The highest BCUT2D eigenvalue weighted by Crippen LogP contribution is 2.56. The molecule has 0 saturated heterocycles. The van der Waals surface area contributed by atoms with Gasteiger partial charge in [-0.2, -0.15) is 0 Å². The molecule has 56 heavy (non-hydrogen) atoms. The Morgan fingerprint density at radius 3 is 1.18 bits per heavy atom. The van der Waals surface area contributed by atoms with E-state index in [1.54, 1.807) is 0 Å². The Kier molecular flexibility index (Phi) is 7.56. The molecule has 2 aromatic heterocycles. The average Bonchev–Trinajstić information content (AvgIpc) is 3.29.